The van der Waals surface area contributed by atoms with E-state index in [1.54, 1.807) is 13.8 Å². The Morgan fingerprint density at radius 1 is 1.27 bits per heavy atom. The van der Waals surface area contributed by atoms with E-state index in [2.05, 4.69) is 5.32 Å². The van der Waals surface area contributed by atoms with E-state index in [9.17, 15) is 14.4 Å². The lowest BCUT2D eigenvalue weighted by molar-refractivity contribution is -0.139. The van der Waals surface area contributed by atoms with Gasteiger partial charge in [-0.15, -0.1) is 0 Å². The van der Waals surface area contributed by atoms with E-state index in [-0.39, 0.29) is 19.4 Å². The molecule has 0 saturated heterocycles. The summed E-state index contributed by atoms with van der Waals surface area (Å²) in [5.74, 6) is -1.94. The molecule has 0 aromatic heterocycles. The van der Waals surface area contributed by atoms with Crippen molar-refractivity contribution in [2.24, 2.45) is 11.1 Å². The van der Waals surface area contributed by atoms with Gasteiger partial charge in [-0.1, -0.05) is 0 Å². The highest BCUT2D eigenvalue weighted by Gasteiger charge is 2.25. The second kappa shape index (κ2) is 5.33. The first-order valence-electron chi connectivity index (χ1n) is 4.54. The molecule has 15 heavy (non-hydrogen) atoms. The van der Waals surface area contributed by atoms with Crippen LogP contribution in [0.2, 0.25) is 0 Å². The predicted molar refractivity (Wildman–Crippen MR) is 52.9 cm³/mol. The number of rotatable bonds is 6. The van der Waals surface area contributed by atoms with Crippen LogP contribution in [0.5, 0.6) is 0 Å². The highest BCUT2D eigenvalue weighted by molar-refractivity contribution is 5.83. The Morgan fingerprint density at radius 2 is 1.80 bits per heavy atom. The minimum absolute atomic E-state index is 0.0931. The normalized spacial score (nSPS) is 10.8. The molecule has 0 saturated carbocycles. The molecule has 0 rings (SSSR count). The van der Waals surface area contributed by atoms with Crippen LogP contribution in [0.25, 0.3) is 0 Å². The van der Waals surface area contributed by atoms with Gasteiger partial charge in [-0.25, -0.2) is 0 Å². The number of amides is 2. The molecule has 0 aliphatic heterocycles. The summed E-state index contributed by atoms with van der Waals surface area (Å²) >= 11 is 0. The quantitative estimate of drug-likeness (QED) is 0.554. The van der Waals surface area contributed by atoms with Gasteiger partial charge in [0.05, 0.1) is 11.8 Å². The summed E-state index contributed by atoms with van der Waals surface area (Å²) in [7, 11) is 0. The van der Waals surface area contributed by atoms with E-state index in [0.29, 0.717) is 0 Å². The van der Waals surface area contributed by atoms with Crippen LogP contribution in [-0.2, 0) is 14.4 Å². The van der Waals surface area contributed by atoms with Crippen molar-refractivity contribution in [2.45, 2.75) is 26.7 Å². The molecule has 6 nitrogen and oxygen atoms in total. The lowest BCUT2D eigenvalue weighted by atomic mass is 9.93. The largest absolute Gasteiger partial charge is 0.481 e. The fraction of sp³-hybridized carbons (Fsp3) is 0.667. The molecule has 4 N–H and O–H groups in total. The number of nitrogens with two attached hydrogens (primary N) is 1. The second-order valence-electron chi connectivity index (χ2n) is 3.92. The van der Waals surface area contributed by atoms with Crippen LogP contribution in [-0.4, -0.2) is 29.4 Å². The maximum Gasteiger partial charge on any atom is 0.303 e. The van der Waals surface area contributed by atoms with E-state index in [1.807, 2.05) is 0 Å². The maximum atomic E-state index is 11.1. The van der Waals surface area contributed by atoms with Gasteiger partial charge in [0.15, 0.2) is 0 Å². The average molecular weight is 216 g/mol. The van der Waals surface area contributed by atoms with Crippen molar-refractivity contribution in [3.8, 4) is 0 Å². The van der Waals surface area contributed by atoms with E-state index in [4.69, 9.17) is 10.8 Å². The van der Waals surface area contributed by atoms with E-state index in [0.717, 1.165) is 0 Å². The molecule has 0 spiro atoms. The Morgan fingerprint density at radius 3 is 2.20 bits per heavy atom. The standard InChI is InChI=1S/C9H16N2O4/c1-9(2,8(10)15)5-11-6(12)3-4-7(13)14/h3-5H2,1-2H3,(H2,10,15)(H,11,12)(H,13,14). The topological polar surface area (TPSA) is 109 Å². The lowest BCUT2D eigenvalue weighted by Gasteiger charge is -2.20. The van der Waals surface area contributed by atoms with Gasteiger partial charge < -0.3 is 16.2 Å². The van der Waals surface area contributed by atoms with Crippen molar-refractivity contribution < 1.29 is 19.5 Å². The number of carbonyl (C=O) groups excluding carboxylic acids is 2. The molecule has 0 aliphatic carbocycles. The molecule has 0 heterocycles. The Bertz CT molecular complexity index is 273. The van der Waals surface area contributed by atoms with Crippen LogP contribution in [0, 0.1) is 5.41 Å². The van der Waals surface area contributed by atoms with Crippen molar-refractivity contribution in [3.63, 3.8) is 0 Å². The summed E-state index contributed by atoms with van der Waals surface area (Å²) in [5, 5.41) is 10.8. The van der Waals surface area contributed by atoms with Crippen molar-refractivity contribution in [3.05, 3.63) is 0 Å². The third-order valence-electron chi connectivity index (χ3n) is 1.96. The van der Waals surface area contributed by atoms with Crippen molar-refractivity contribution in [2.75, 3.05) is 6.54 Å². The van der Waals surface area contributed by atoms with Crippen LogP contribution in [0.3, 0.4) is 0 Å². The number of nitrogens with one attached hydrogen (secondary N) is 1. The SMILES string of the molecule is CC(C)(CNC(=O)CCC(=O)O)C(N)=O. The number of carboxylic acid groups (broad SMARTS) is 1. The molecule has 0 fully saturated rings. The second-order valence-corrected chi connectivity index (χ2v) is 3.92. The lowest BCUT2D eigenvalue weighted by Crippen LogP contribution is -2.42. The Kier molecular flexibility index (Phi) is 4.77. The molecule has 0 aromatic carbocycles. The van der Waals surface area contributed by atoms with Gasteiger partial charge in [0.1, 0.15) is 0 Å². The summed E-state index contributed by atoms with van der Waals surface area (Å²) < 4.78 is 0. The number of hydrogen-bond acceptors (Lipinski definition) is 3. The van der Waals surface area contributed by atoms with Gasteiger partial charge in [0.2, 0.25) is 11.8 Å². The number of carbonyl (C=O) groups is 3. The maximum absolute atomic E-state index is 11.1. The smallest absolute Gasteiger partial charge is 0.303 e. The average Bonchev–Trinajstić information content (AvgIpc) is 2.11. The summed E-state index contributed by atoms with van der Waals surface area (Å²) in [6.45, 7) is 3.32. The first-order valence-corrected chi connectivity index (χ1v) is 4.54. The number of primary amides is 1. The fourth-order valence-electron chi connectivity index (χ4n) is 0.716. The van der Waals surface area contributed by atoms with Crippen molar-refractivity contribution in [1.29, 1.82) is 0 Å². The summed E-state index contributed by atoms with van der Waals surface area (Å²) in [6, 6.07) is 0. The Labute approximate surface area is 87.8 Å². The van der Waals surface area contributed by atoms with E-state index < -0.39 is 23.2 Å². The van der Waals surface area contributed by atoms with E-state index >= 15 is 0 Å². The molecule has 0 atom stereocenters. The Hall–Kier alpha value is -1.59. The van der Waals surface area contributed by atoms with Crippen LogP contribution in [0.4, 0.5) is 0 Å². The number of aliphatic carboxylic acids is 1. The van der Waals surface area contributed by atoms with Crippen LogP contribution >= 0.6 is 0 Å². The Balaban J connectivity index is 3.90. The predicted octanol–water partition coefficient (Wildman–Crippen LogP) is -0.521. The molecular formula is C9H16N2O4. The summed E-state index contributed by atoms with van der Waals surface area (Å²) in [6.07, 6.45) is -0.312. The highest BCUT2D eigenvalue weighted by Crippen LogP contribution is 2.11. The van der Waals surface area contributed by atoms with Crippen LogP contribution in [0.1, 0.15) is 26.7 Å². The van der Waals surface area contributed by atoms with Crippen molar-refractivity contribution >= 4 is 17.8 Å². The van der Waals surface area contributed by atoms with Gasteiger partial charge >= 0.3 is 5.97 Å². The molecular weight excluding hydrogens is 200 g/mol. The third-order valence-corrected chi connectivity index (χ3v) is 1.96. The molecule has 2 amide bonds. The van der Waals surface area contributed by atoms with Gasteiger partial charge in [-0.3, -0.25) is 14.4 Å². The van der Waals surface area contributed by atoms with Crippen molar-refractivity contribution in [1.82, 2.24) is 5.32 Å². The van der Waals surface area contributed by atoms with Crippen LogP contribution < -0.4 is 11.1 Å². The summed E-state index contributed by atoms with van der Waals surface area (Å²) in [5.41, 5.74) is 4.27. The molecule has 6 heteroatoms. The number of hydrogen-bond donors (Lipinski definition) is 3. The molecule has 0 aliphatic rings. The zero-order chi connectivity index (χ0) is 12.1. The molecule has 0 aromatic rings. The molecule has 0 unspecified atom stereocenters. The first kappa shape index (κ1) is 13.4. The summed E-state index contributed by atoms with van der Waals surface area (Å²) in [4.78, 5) is 32.1. The zero-order valence-corrected chi connectivity index (χ0v) is 8.87. The van der Waals surface area contributed by atoms with Gasteiger partial charge in [-0.2, -0.15) is 0 Å². The highest BCUT2D eigenvalue weighted by atomic mass is 16.4. The van der Waals surface area contributed by atoms with E-state index in [1.165, 1.54) is 0 Å². The van der Waals surface area contributed by atoms with Gasteiger partial charge in [-0.05, 0) is 13.8 Å². The minimum Gasteiger partial charge on any atom is -0.481 e. The van der Waals surface area contributed by atoms with Crippen LogP contribution in [0.15, 0.2) is 0 Å². The fourth-order valence-corrected chi connectivity index (χ4v) is 0.716. The van der Waals surface area contributed by atoms with Gasteiger partial charge in [0.25, 0.3) is 0 Å². The zero-order valence-electron chi connectivity index (χ0n) is 8.87. The first-order chi connectivity index (χ1) is 6.75. The molecule has 0 bridgehead atoms. The monoisotopic (exact) mass is 216 g/mol. The molecule has 0 radical (unpaired) electrons. The molecule has 86 valence electrons. The number of carboxylic acids is 1. The third kappa shape index (κ3) is 5.66. The minimum atomic E-state index is -1.03. The van der Waals surface area contributed by atoms with Gasteiger partial charge in [0, 0.05) is 13.0 Å².